The lowest BCUT2D eigenvalue weighted by atomic mass is 10.2. The van der Waals surface area contributed by atoms with Gasteiger partial charge in [-0.2, -0.15) is 0 Å². The number of benzene rings is 1. The molecule has 2 aromatic rings. The number of nitrogens with zero attached hydrogens (tertiary/aromatic N) is 3. The van der Waals surface area contributed by atoms with Crippen LogP contribution in [-0.2, 0) is 0 Å². The van der Waals surface area contributed by atoms with E-state index in [1.165, 1.54) is 35.3 Å². The first-order chi connectivity index (χ1) is 9.52. The summed E-state index contributed by atoms with van der Waals surface area (Å²) in [6, 6.07) is 4.27. The largest absolute Gasteiger partial charge is 0.487 e. The summed E-state index contributed by atoms with van der Waals surface area (Å²) in [5, 5.41) is 19.7. The van der Waals surface area contributed by atoms with Crippen LogP contribution >= 0.6 is 0 Å². The quantitative estimate of drug-likeness (QED) is 0.660. The van der Waals surface area contributed by atoms with Crippen LogP contribution in [0, 0.1) is 10.1 Å². The summed E-state index contributed by atoms with van der Waals surface area (Å²) in [5.41, 5.74) is 0.273. The maximum absolute atomic E-state index is 10.9. The molecule has 0 radical (unpaired) electrons. The van der Waals surface area contributed by atoms with Crippen LogP contribution in [0.5, 0.6) is 5.75 Å². The van der Waals surface area contributed by atoms with Crippen molar-refractivity contribution in [3.05, 3.63) is 46.5 Å². The highest BCUT2D eigenvalue weighted by atomic mass is 16.6. The van der Waals surface area contributed by atoms with Crippen molar-refractivity contribution in [3.8, 4) is 11.4 Å². The van der Waals surface area contributed by atoms with E-state index in [1.807, 2.05) is 0 Å². The van der Waals surface area contributed by atoms with Crippen LogP contribution < -0.4 is 4.74 Å². The molecule has 1 N–H and O–H groups in total. The Morgan fingerprint density at radius 1 is 1.55 bits per heavy atom. The molecule has 0 fully saturated rings. The average molecular weight is 277 g/mol. The molecule has 20 heavy (non-hydrogen) atoms. The highest BCUT2D eigenvalue weighted by Crippen LogP contribution is 2.29. The normalized spacial score (nSPS) is 10.2. The molecule has 0 saturated carbocycles. The minimum absolute atomic E-state index is 0.110. The van der Waals surface area contributed by atoms with Crippen LogP contribution in [0.2, 0.25) is 0 Å². The first-order valence-corrected chi connectivity index (χ1v) is 5.71. The van der Waals surface area contributed by atoms with Gasteiger partial charge in [-0.25, -0.2) is 9.78 Å². The van der Waals surface area contributed by atoms with E-state index in [0.717, 1.165) is 0 Å². The van der Waals surface area contributed by atoms with Crippen molar-refractivity contribution < 1.29 is 19.6 Å². The first-order valence-electron chi connectivity index (χ1n) is 5.71. The number of aromatic nitrogens is 2. The number of carbonyl (C=O) groups is 1. The minimum Gasteiger partial charge on any atom is -0.487 e. The number of aromatic carboxylic acids is 1. The number of ether oxygens (including phenoxy) is 1. The Balaban J connectivity index is 2.44. The van der Waals surface area contributed by atoms with Gasteiger partial charge in [0, 0.05) is 18.3 Å². The van der Waals surface area contributed by atoms with Crippen molar-refractivity contribution >= 4 is 11.7 Å². The minimum atomic E-state index is -1.14. The third-order valence-corrected chi connectivity index (χ3v) is 2.54. The number of nitro groups is 1. The Morgan fingerprint density at radius 3 is 2.85 bits per heavy atom. The molecule has 8 heteroatoms. The number of carboxylic acids is 1. The van der Waals surface area contributed by atoms with Crippen molar-refractivity contribution in [1.82, 2.24) is 9.55 Å². The summed E-state index contributed by atoms with van der Waals surface area (Å²) in [7, 11) is 0. The van der Waals surface area contributed by atoms with E-state index >= 15 is 0 Å². The van der Waals surface area contributed by atoms with Gasteiger partial charge in [0.25, 0.3) is 0 Å². The molecule has 0 bridgehead atoms. The van der Waals surface area contributed by atoms with Gasteiger partial charge in [0.05, 0.1) is 17.2 Å². The monoisotopic (exact) mass is 277 g/mol. The van der Waals surface area contributed by atoms with Crippen molar-refractivity contribution in [2.75, 3.05) is 6.61 Å². The summed E-state index contributed by atoms with van der Waals surface area (Å²) < 4.78 is 6.68. The van der Waals surface area contributed by atoms with E-state index in [4.69, 9.17) is 9.84 Å². The van der Waals surface area contributed by atoms with Gasteiger partial charge in [-0.1, -0.05) is 0 Å². The van der Waals surface area contributed by atoms with Gasteiger partial charge in [0.2, 0.25) is 0 Å². The fourth-order valence-corrected chi connectivity index (χ4v) is 1.66. The summed E-state index contributed by atoms with van der Waals surface area (Å²) in [5.74, 6) is -1.02. The van der Waals surface area contributed by atoms with Crippen LogP contribution in [0.4, 0.5) is 5.69 Å². The second-order valence-electron chi connectivity index (χ2n) is 3.81. The van der Waals surface area contributed by atoms with Crippen molar-refractivity contribution in [3.63, 3.8) is 0 Å². The molecule has 1 heterocycles. The van der Waals surface area contributed by atoms with E-state index in [0.29, 0.717) is 5.69 Å². The average Bonchev–Trinajstić information content (AvgIpc) is 2.88. The van der Waals surface area contributed by atoms with E-state index in [-0.39, 0.29) is 23.7 Å². The molecule has 0 unspecified atom stereocenters. The highest BCUT2D eigenvalue weighted by molar-refractivity contribution is 5.85. The van der Waals surface area contributed by atoms with Gasteiger partial charge >= 0.3 is 11.7 Å². The second kappa shape index (κ2) is 5.39. The predicted molar refractivity (Wildman–Crippen MR) is 68.3 cm³/mol. The van der Waals surface area contributed by atoms with Crippen molar-refractivity contribution in [2.24, 2.45) is 0 Å². The van der Waals surface area contributed by atoms with E-state index in [9.17, 15) is 14.9 Å². The zero-order valence-corrected chi connectivity index (χ0v) is 10.5. The molecule has 0 aliphatic rings. The van der Waals surface area contributed by atoms with Gasteiger partial charge in [0.15, 0.2) is 11.4 Å². The molecular formula is C12H11N3O5. The molecule has 0 aliphatic heterocycles. The molecule has 2 rings (SSSR count). The topological polar surface area (TPSA) is 107 Å². The highest BCUT2D eigenvalue weighted by Gasteiger charge is 2.16. The van der Waals surface area contributed by atoms with Crippen LogP contribution in [0.15, 0.2) is 30.7 Å². The molecule has 0 spiro atoms. The zero-order chi connectivity index (χ0) is 14.7. The molecule has 104 valence electrons. The van der Waals surface area contributed by atoms with Gasteiger partial charge in [0.1, 0.15) is 6.33 Å². The number of hydrogen-bond donors (Lipinski definition) is 1. The SMILES string of the molecule is CCOc1cc(-n2cnc(C(=O)O)c2)ccc1[N+](=O)[O-]. The molecular weight excluding hydrogens is 266 g/mol. The standard InChI is InChI=1S/C12H11N3O5/c1-2-20-11-5-8(3-4-10(11)15(18)19)14-6-9(12(16)17)13-7-14/h3-7H,2H2,1H3,(H,16,17). The predicted octanol–water partition coefficient (Wildman–Crippen LogP) is 1.88. The smallest absolute Gasteiger partial charge is 0.356 e. The Bertz CT molecular complexity index is 665. The van der Waals surface area contributed by atoms with Crippen molar-refractivity contribution in [1.29, 1.82) is 0 Å². The summed E-state index contributed by atoms with van der Waals surface area (Å²) in [6.45, 7) is 2.00. The summed E-state index contributed by atoms with van der Waals surface area (Å²) in [6.07, 6.45) is 2.64. The van der Waals surface area contributed by atoms with E-state index in [2.05, 4.69) is 4.98 Å². The fourth-order valence-electron chi connectivity index (χ4n) is 1.66. The molecule has 0 saturated heterocycles. The van der Waals surface area contributed by atoms with Gasteiger partial charge in [-0.3, -0.25) is 10.1 Å². The van der Waals surface area contributed by atoms with Crippen LogP contribution in [-0.4, -0.2) is 32.2 Å². The Kier molecular flexibility index (Phi) is 3.65. The number of hydrogen-bond acceptors (Lipinski definition) is 5. The van der Waals surface area contributed by atoms with Gasteiger partial charge in [-0.05, 0) is 13.0 Å². The Hall–Kier alpha value is -2.90. The lowest BCUT2D eigenvalue weighted by molar-refractivity contribution is -0.385. The van der Waals surface area contributed by atoms with Crippen LogP contribution in [0.25, 0.3) is 5.69 Å². The van der Waals surface area contributed by atoms with Crippen LogP contribution in [0.1, 0.15) is 17.4 Å². The molecule has 1 aromatic heterocycles. The molecule has 0 atom stereocenters. The lowest BCUT2D eigenvalue weighted by Crippen LogP contribution is -2.00. The Labute approximate surface area is 113 Å². The molecule has 0 aliphatic carbocycles. The van der Waals surface area contributed by atoms with E-state index < -0.39 is 10.9 Å². The summed E-state index contributed by atoms with van der Waals surface area (Å²) in [4.78, 5) is 24.8. The number of rotatable bonds is 5. The maximum Gasteiger partial charge on any atom is 0.356 e. The summed E-state index contributed by atoms with van der Waals surface area (Å²) >= 11 is 0. The van der Waals surface area contributed by atoms with Gasteiger partial charge in [-0.15, -0.1) is 0 Å². The lowest BCUT2D eigenvalue weighted by Gasteiger charge is -2.07. The van der Waals surface area contributed by atoms with Crippen LogP contribution in [0.3, 0.4) is 0 Å². The molecule has 1 aromatic carbocycles. The number of nitro benzene ring substituents is 1. The number of imidazole rings is 1. The third-order valence-electron chi connectivity index (χ3n) is 2.54. The van der Waals surface area contributed by atoms with E-state index in [1.54, 1.807) is 6.92 Å². The van der Waals surface area contributed by atoms with Crippen molar-refractivity contribution in [2.45, 2.75) is 6.92 Å². The van der Waals surface area contributed by atoms with Gasteiger partial charge < -0.3 is 14.4 Å². The first kappa shape index (κ1) is 13.5. The third kappa shape index (κ3) is 2.58. The second-order valence-corrected chi connectivity index (χ2v) is 3.81. The maximum atomic E-state index is 10.9. The number of carboxylic acid groups (broad SMARTS) is 1. The fraction of sp³-hybridized carbons (Fsp3) is 0.167. The molecule has 0 amide bonds. The molecule has 8 nitrogen and oxygen atoms in total. The Morgan fingerprint density at radius 2 is 2.30 bits per heavy atom. The zero-order valence-electron chi connectivity index (χ0n) is 10.5.